The third-order valence-electron chi connectivity index (χ3n) is 3.29. The lowest BCUT2D eigenvalue weighted by Crippen LogP contribution is -2.51. The first-order valence-electron chi connectivity index (χ1n) is 6.80. The van der Waals surface area contributed by atoms with Crippen molar-refractivity contribution in [1.29, 1.82) is 0 Å². The van der Waals surface area contributed by atoms with E-state index in [0.29, 0.717) is 12.5 Å². The van der Waals surface area contributed by atoms with Crippen LogP contribution in [0.3, 0.4) is 0 Å². The Balaban J connectivity index is 2.29. The monoisotopic (exact) mass is 257 g/mol. The van der Waals surface area contributed by atoms with Gasteiger partial charge in [-0.1, -0.05) is 13.8 Å². The fraction of sp³-hybridized carbons (Fsp3) is 0.923. The number of amides is 1. The highest BCUT2D eigenvalue weighted by molar-refractivity contribution is 5.78. The zero-order valence-corrected chi connectivity index (χ0v) is 12.0. The Labute approximate surface area is 110 Å². The van der Waals surface area contributed by atoms with Crippen LogP contribution in [0.25, 0.3) is 0 Å². The van der Waals surface area contributed by atoms with Crippen LogP contribution in [0.15, 0.2) is 0 Å². The lowest BCUT2D eigenvalue weighted by molar-refractivity contribution is -0.123. The van der Waals surface area contributed by atoms with Crippen molar-refractivity contribution >= 4 is 5.91 Å². The van der Waals surface area contributed by atoms with Crippen LogP contribution in [0.1, 0.15) is 20.8 Å². The van der Waals surface area contributed by atoms with Gasteiger partial charge < -0.3 is 15.4 Å². The minimum absolute atomic E-state index is 0.0850. The zero-order chi connectivity index (χ0) is 13.5. The molecule has 0 radical (unpaired) electrons. The Kier molecular flexibility index (Phi) is 6.60. The maximum absolute atomic E-state index is 11.7. The van der Waals surface area contributed by atoms with E-state index in [1.54, 1.807) is 0 Å². The fourth-order valence-electron chi connectivity index (χ4n) is 1.92. The summed E-state index contributed by atoms with van der Waals surface area (Å²) >= 11 is 0. The molecule has 1 heterocycles. The molecule has 1 amide bonds. The van der Waals surface area contributed by atoms with E-state index in [1.807, 2.05) is 11.9 Å². The van der Waals surface area contributed by atoms with Crippen molar-refractivity contribution in [2.75, 3.05) is 39.8 Å². The molecule has 0 aromatic carbocycles. The number of likely N-dealkylation sites (N-methyl/N-ethyl adjacent to an activating group) is 1. The molecule has 0 aliphatic carbocycles. The van der Waals surface area contributed by atoms with E-state index in [1.165, 1.54) is 0 Å². The standard InChI is InChI=1S/C13H27N3O2/c1-10(2)7-15-13(17)9-16(4)11(3)12-8-14-5-6-18-12/h10-12,14H,5-9H2,1-4H3,(H,15,17). The molecular formula is C13H27N3O2. The minimum atomic E-state index is 0.0850. The topological polar surface area (TPSA) is 53.6 Å². The lowest BCUT2D eigenvalue weighted by Gasteiger charge is -2.34. The number of morpholine rings is 1. The van der Waals surface area contributed by atoms with Gasteiger partial charge in [0.15, 0.2) is 0 Å². The largest absolute Gasteiger partial charge is 0.374 e. The number of nitrogens with zero attached hydrogens (tertiary/aromatic N) is 1. The van der Waals surface area contributed by atoms with Gasteiger partial charge in [-0.05, 0) is 19.9 Å². The summed E-state index contributed by atoms with van der Waals surface area (Å²) < 4.78 is 5.70. The molecule has 2 N–H and O–H groups in total. The van der Waals surface area contributed by atoms with Crippen LogP contribution in [0, 0.1) is 5.92 Å². The van der Waals surface area contributed by atoms with Crippen LogP contribution >= 0.6 is 0 Å². The third-order valence-corrected chi connectivity index (χ3v) is 3.29. The Morgan fingerprint density at radius 3 is 2.78 bits per heavy atom. The average molecular weight is 257 g/mol. The summed E-state index contributed by atoms with van der Waals surface area (Å²) in [4.78, 5) is 13.8. The summed E-state index contributed by atoms with van der Waals surface area (Å²) in [5.41, 5.74) is 0. The quantitative estimate of drug-likeness (QED) is 0.707. The van der Waals surface area contributed by atoms with Gasteiger partial charge in [-0.25, -0.2) is 0 Å². The molecule has 0 spiro atoms. The fourth-order valence-corrected chi connectivity index (χ4v) is 1.92. The highest BCUT2D eigenvalue weighted by Crippen LogP contribution is 2.07. The Bertz CT molecular complexity index is 253. The molecule has 1 aliphatic rings. The zero-order valence-electron chi connectivity index (χ0n) is 12.0. The van der Waals surface area contributed by atoms with E-state index in [-0.39, 0.29) is 18.1 Å². The summed E-state index contributed by atoms with van der Waals surface area (Å²) in [5, 5.41) is 6.25. The second-order valence-electron chi connectivity index (χ2n) is 5.47. The number of nitrogens with one attached hydrogen (secondary N) is 2. The number of carbonyl (C=O) groups is 1. The SMILES string of the molecule is CC(C)CNC(=O)CN(C)C(C)C1CNCCO1. The molecule has 2 atom stereocenters. The minimum Gasteiger partial charge on any atom is -0.374 e. The van der Waals surface area contributed by atoms with Crippen molar-refractivity contribution in [1.82, 2.24) is 15.5 Å². The molecule has 0 saturated carbocycles. The van der Waals surface area contributed by atoms with Gasteiger partial charge in [-0.15, -0.1) is 0 Å². The number of ether oxygens (including phenoxy) is 1. The maximum Gasteiger partial charge on any atom is 0.234 e. The highest BCUT2D eigenvalue weighted by atomic mass is 16.5. The molecule has 1 aliphatic heterocycles. The second-order valence-corrected chi connectivity index (χ2v) is 5.47. The predicted octanol–water partition coefficient (Wildman–Crippen LogP) is 0.0673. The van der Waals surface area contributed by atoms with E-state index in [2.05, 4.69) is 31.4 Å². The van der Waals surface area contributed by atoms with Gasteiger partial charge in [-0.3, -0.25) is 9.69 Å². The van der Waals surface area contributed by atoms with Crippen molar-refractivity contribution in [3.8, 4) is 0 Å². The average Bonchev–Trinajstić information content (AvgIpc) is 2.36. The Morgan fingerprint density at radius 1 is 1.50 bits per heavy atom. The Hall–Kier alpha value is -0.650. The molecule has 1 saturated heterocycles. The molecule has 2 unspecified atom stereocenters. The molecule has 5 nitrogen and oxygen atoms in total. The summed E-state index contributed by atoms with van der Waals surface area (Å²) in [6.07, 6.45) is 0.168. The van der Waals surface area contributed by atoms with Gasteiger partial charge in [-0.2, -0.15) is 0 Å². The number of hydrogen-bond donors (Lipinski definition) is 2. The van der Waals surface area contributed by atoms with Gasteiger partial charge in [0.1, 0.15) is 0 Å². The summed E-state index contributed by atoms with van der Waals surface area (Å²) in [6.45, 7) is 9.98. The van der Waals surface area contributed by atoms with Crippen LogP contribution < -0.4 is 10.6 Å². The van der Waals surface area contributed by atoms with E-state index in [9.17, 15) is 4.79 Å². The molecule has 0 aromatic heterocycles. The van der Waals surface area contributed by atoms with Crippen LogP contribution in [0.5, 0.6) is 0 Å². The summed E-state index contributed by atoms with van der Waals surface area (Å²) in [6, 6.07) is 0.239. The molecule has 1 fully saturated rings. The van der Waals surface area contributed by atoms with Gasteiger partial charge in [0.25, 0.3) is 0 Å². The number of hydrogen-bond acceptors (Lipinski definition) is 4. The molecule has 0 bridgehead atoms. The van der Waals surface area contributed by atoms with E-state index < -0.39 is 0 Å². The van der Waals surface area contributed by atoms with Crippen molar-refractivity contribution in [3.63, 3.8) is 0 Å². The predicted molar refractivity (Wildman–Crippen MR) is 72.5 cm³/mol. The molecular weight excluding hydrogens is 230 g/mol. The first-order valence-corrected chi connectivity index (χ1v) is 6.80. The van der Waals surface area contributed by atoms with E-state index >= 15 is 0 Å². The second kappa shape index (κ2) is 7.71. The van der Waals surface area contributed by atoms with Crippen molar-refractivity contribution < 1.29 is 9.53 Å². The van der Waals surface area contributed by atoms with Gasteiger partial charge in [0, 0.05) is 25.7 Å². The smallest absolute Gasteiger partial charge is 0.234 e. The maximum atomic E-state index is 11.7. The van der Waals surface area contributed by atoms with Crippen molar-refractivity contribution in [3.05, 3.63) is 0 Å². The van der Waals surface area contributed by atoms with Crippen LogP contribution in [0.4, 0.5) is 0 Å². The summed E-state index contributed by atoms with van der Waals surface area (Å²) in [7, 11) is 1.97. The first kappa shape index (κ1) is 15.4. The van der Waals surface area contributed by atoms with Crippen LogP contribution in [-0.2, 0) is 9.53 Å². The van der Waals surface area contributed by atoms with Gasteiger partial charge >= 0.3 is 0 Å². The number of carbonyl (C=O) groups excluding carboxylic acids is 1. The normalized spacial score (nSPS) is 22.2. The summed E-state index contributed by atoms with van der Waals surface area (Å²) in [5.74, 6) is 0.573. The Morgan fingerprint density at radius 2 is 2.22 bits per heavy atom. The molecule has 1 rings (SSSR count). The van der Waals surface area contributed by atoms with Gasteiger partial charge in [0.2, 0.25) is 5.91 Å². The van der Waals surface area contributed by atoms with E-state index in [4.69, 9.17) is 4.74 Å². The lowest BCUT2D eigenvalue weighted by atomic mass is 10.1. The first-order chi connectivity index (χ1) is 8.50. The van der Waals surface area contributed by atoms with Crippen molar-refractivity contribution in [2.24, 2.45) is 5.92 Å². The van der Waals surface area contributed by atoms with Crippen LogP contribution in [-0.4, -0.2) is 62.8 Å². The molecule has 0 aromatic rings. The van der Waals surface area contributed by atoms with E-state index in [0.717, 1.165) is 26.2 Å². The molecule has 106 valence electrons. The highest BCUT2D eigenvalue weighted by Gasteiger charge is 2.24. The van der Waals surface area contributed by atoms with Gasteiger partial charge in [0.05, 0.1) is 19.3 Å². The molecule has 18 heavy (non-hydrogen) atoms. The molecule has 5 heteroatoms. The van der Waals surface area contributed by atoms with Crippen molar-refractivity contribution in [2.45, 2.75) is 32.9 Å². The van der Waals surface area contributed by atoms with Crippen LogP contribution in [0.2, 0.25) is 0 Å². The number of rotatable bonds is 6. The third kappa shape index (κ3) is 5.33.